The molecule has 0 saturated heterocycles. The zero-order valence-electron chi connectivity index (χ0n) is 16.1. The van der Waals surface area contributed by atoms with Crippen molar-refractivity contribution in [2.75, 3.05) is 0 Å². The number of fused-ring (bicyclic) bond motifs is 8. The Kier molecular flexibility index (Phi) is 3.43. The van der Waals surface area contributed by atoms with Crippen LogP contribution in [-0.4, -0.2) is 0 Å². The van der Waals surface area contributed by atoms with Crippen LogP contribution in [-0.2, 0) is 4.57 Å². The highest BCUT2D eigenvalue weighted by Crippen LogP contribution is 2.55. The summed E-state index contributed by atoms with van der Waals surface area (Å²) in [5, 5.41) is 7.56. The van der Waals surface area contributed by atoms with Crippen molar-refractivity contribution in [2.24, 2.45) is 0 Å². The van der Waals surface area contributed by atoms with Crippen LogP contribution in [0.3, 0.4) is 0 Å². The third kappa shape index (κ3) is 2.14. The van der Waals surface area contributed by atoms with E-state index in [-0.39, 0.29) is 0 Å². The summed E-state index contributed by atoms with van der Waals surface area (Å²) < 4.78 is 15.0. The Hall–Kier alpha value is -3.15. The molecule has 1 heterocycles. The first kappa shape index (κ1) is 16.8. The fourth-order valence-electron chi connectivity index (χ4n) is 4.87. The third-order valence-corrected chi connectivity index (χ3v) is 9.29. The van der Waals surface area contributed by atoms with Crippen LogP contribution < -0.4 is 15.9 Å². The lowest BCUT2D eigenvalue weighted by Gasteiger charge is -2.19. The van der Waals surface area contributed by atoms with Crippen LogP contribution in [0.25, 0.3) is 32.7 Å². The van der Waals surface area contributed by atoms with Gasteiger partial charge in [-0.1, -0.05) is 103 Å². The van der Waals surface area contributed by atoms with Gasteiger partial charge in [-0.25, -0.2) is 0 Å². The van der Waals surface area contributed by atoms with Crippen LogP contribution >= 0.6 is 7.14 Å². The van der Waals surface area contributed by atoms with Gasteiger partial charge in [-0.05, 0) is 34.0 Å². The zero-order chi connectivity index (χ0) is 19.6. The molecule has 29 heavy (non-hydrogen) atoms. The molecule has 1 nitrogen and oxygen atoms in total. The van der Waals surface area contributed by atoms with Gasteiger partial charge < -0.3 is 4.57 Å². The highest BCUT2D eigenvalue weighted by atomic mass is 31.2. The van der Waals surface area contributed by atoms with Gasteiger partial charge in [-0.2, -0.15) is 0 Å². The molecule has 1 aliphatic rings. The Morgan fingerprint density at radius 3 is 2.10 bits per heavy atom. The normalized spacial score (nSPS) is 17.4. The predicted octanol–water partition coefficient (Wildman–Crippen LogP) is 5.92. The van der Waals surface area contributed by atoms with E-state index in [1.807, 2.05) is 36.4 Å². The van der Waals surface area contributed by atoms with Crippen LogP contribution in [0.2, 0.25) is 0 Å². The van der Waals surface area contributed by atoms with Gasteiger partial charge in [0.15, 0.2) is 7.14 Å². The van der Waals surface area contributed by atoms with E-state index < -0.39 is 7.14 Å². The summed E-state index contributed by atoms with van der Waals surface area (Å²) in [6.45, 7) is 2.11. The summed E-state index contributed by atoms with van der Waals surface area (Å²) >= 11 is 0. The highest BCUT2D eigenvalue weighted by molar-refractivity contribution is 7.87. The van der Waals surface area contributed by atoms with E-state index in [0.29, 0.717) is 0 Å². The Morgan fingerprint density at radius 1 is 0.621 bits per heavy atom. The van der Waals surface area contributed by atoms with E-state index in [1.54, 1.807) is 0 Å². The van der Waals surface area contributed by atoms with Gasteiger partial charge in [0.2, 0.25) is 0 Å². The molecule has 0 N–H and O–H groups in total. The molecule has 138 valence electrons. The molecule has 1 atom stereocenters. The topological polar surface area (TPSA) is 17.1 Å². The largest absolute Gasteiger partial charge is 0.309 e. The molecule has 0 bridgehead atoms. The predicted molar refractivity (Wildman–Crippen MR) is 125 cm³/mol. The van der Waals surface area contributed by atoms with Gasteiger partial charge in [0.25, 0.3) is 0 Å². The fraction of sp³-hybridized carbons (Fsp3) is 0.0370. The average Bonchev–Trinajstić information content (AvgIpc) is 3.05. The lowest BCUT2D eigenvalue weighted by Crippen LogP contribution is -2.21. The van der Waals surface area contributed by atoms with Crippen LogP contribution in [0.4, 0.5) is 0 Å². The molecule has 0 amide bonds. The molecule has 0 spiro atoms. The third-order valence-electron chi connectivity index (χ3n) is 6.10. The first-order chi connectivity index (χ1) is 14.2. The zero-order valence-corrected chi connectivity index (χ0v) is 17.0. The van der Waals surface area contributed by atoms with Crippen LogP contribution in [0.1, 0.15) is 5.56 Å². The number of hydrogen-bond acceptors (Lipinski definition) is 1. The first-order valence-corrected chi connectivity index (χ1v) is 11.6. The smallest absolute Gasteiger partial charge is 0.172 e. The molecule has 6 rings (SSSR count). The van der Waals surface area contributed by atoms with E-state index >= 15 is 4.57 Å². The van der Waals surface area contributed by atoms with E-state index in [0.717, 1.165) is 32.4 Å². The second kappa shape index (κ2) is 5.92. The molecule has 5 aromatic rings. The molecule has 1 aliphatic heterocycles. The minimum Gasteiger partial charge on any atom is -0.309 e. The molecule has 0 aliphatic carbocycles. The lowest BCUT2D eigenvalue weighted by molar-refractivity contribution is 0.593. The number of rotatable bonds is 1. The van der Waals surface area contributed by atoms with Crippen molar-refractivity contribution < 1.29 is 4.57 Å². The van der Waals surface area contributed by atoms with Crippen molar-refractivity contribution in [1.29, 1.82) is 0 Å². The molecule has 1 unspecified atom stereocenters. The van der Waals surface area contributed by atoms with E-state index in [2.05, 4.69) is 67.6 Å². The summed E-state index contributed by atoms with van der Waals surface area (Å²) in [7, 11) is -2.97. The molecular weight excluding hydrogens is 371 g/mol. The minimum absolute atomic E-state index is 0.907. The maximum Gasteiger partial charge on any atom is 0.172 e. The maximum atomic E-state index is 15.0. The SMILES string of the molecule is Cc1ccc2c(c1)c1c(c3ccccc32)-c2ccccc2P1(=O)c1ccccc1. The summed E-state index contributed by atoms with van der Waals surface area (Å²) in [5.41, 5.74) is 3.43. The van der Waals surface area contributed by atoms with Crippen LogP contribution in [0.5, 0.6) is 0 Å². The lowest BCUT2D eigenvalue weighted by atomic mass is 9.93. The molecule has 0 fully saturated rings. The summed E-state index contributed by atoms with van der Waals surface area (Å²) in [5.74, 6) is 0. The summed E-state index contributed by atoms with van der Waals surface area (Å²) in [4.78, 5) is 0. The average molecular weight is 390 g/mol. The van der Waals surface area contributed by atoms with Crippen molar-refractivity contribution in [3.8, 4) is 11.1 Å². The molecule has 2 heteroatoms. The van der Waals surface area contributed by atoms with Crippen molar-refractivity contribution in [3.05, 3.63) is 103 Å². The van der Waals surface area contributed by atoms with Gasteiger partial charge >= 0.3 is 0 Å². The maximum absolute atomic E-state index is 15.0. The van der Waals surface area contributed by atoms with Crippen molar-refractivity contribution in [2.45, 2.75) is 6.92 Å². The standard InChI is InChI=1S/C27H19OP/c1-18-15-16-21-20-11-5-6-12-22(20)26-23-13-7-8-14-25(23)29(28,27(26)24(21)17-18)19-9-3-2-4-10-19/h2-17H,1H3. The minimum atomic E-state index is -2.97. The second-order valence-electron chi connectivity index (χ2n) is 7.78. The molecule has 0 aromatic heterocycles. The molecule has 0 radical (unpaired) electrons. The monoisotopic (exact) mass is 390 g/mol. The van der Waals surface area contributed by atoms with E-state index in [1.165, 1.54) is 21.7 Å². The molecule has 5 aromatic carbocycles. The Bertz CT molecular complexity index is 1480. The van der Waals surface area contributed by atoms with Gasteiger partial charge in [-0.3, -0.25) is 0 Å². The number of hydrogen-bond donors (Lipinski definition) is 0. The molecular formula is C27H19OP. The highest BCUT2D eigenvalue weighted by Gasteiger charge is 2.42. The van der Waals surface area contributed by atoms with Crippen molar-refractivity contribution in [1.82, 2.24) is 0 Å². The van der Waals surface area contributed by atoms with Gasteiger partial charge in [0.05, 0.1) is 0 Å². The quantitative estimate of drug-likeness (QED) is 0.252. The van der Waals surface area contributed by atoms with Crippen LogP contribution in [0.15, 0.2) is 97.1 Å². The fourth-order valence-corrected chi connectivity index (χ4v) is 8.14. The van der Waals surface area contributed by atoms with E-state index in [4.69, 9.17) is 0 Å². The van der Waals surface area contributed by atoms with Crippen molar-refractivity contribution in [3.63, 3.8) is 0 Å². The van der Waals surface area contributed by atoms with Gasteiger partial charge in [0, 0.05) is 21.5 Å². The second-order valence-corrected chi connectivity index (χ2v) is 10.4. The Morgan fingerprint density at radius 2 is 1.28 bits per heavy atom. The number of aryl methyl sites for hydroxylation is 1. The van der Waals surface area contributed by atoms with Gasteiger partial charge in [-0.15, -0.1) is 0 Å². The van der Waals surface area contributed by atoms with Gasteiger partial charge in [0.1, 0.15) is 0 Å². The first-order valence-electron chi connectivity index (χ1n) is 9.91. The Balaban J connectivity index is 1.93. The van der Waals surface area contributed by atoms with Crippen molar-refractivity contribution >= 4 is 44.6 Å². The molecule has 0 saturated carbocycles. The number of benzene rings is 5. The summed E-state index contributed by atoms with van der Waals surface area (Å²) in [6, 6.07) is 33.3. The van der Waals surface area contributed by atoms with Crippen LogP contribution in [0, 0.1) is 6.92 Å². The summed E-state index contributed by atoms with van der Waals surface area (Å²) in [6.07, 6.45) is 0. The Labute approximate surface area is 170 Å². The van der Waals surface area contributed by atoms with E-state index in [9.17, 15) is 0 Å².